The Morgan fingerprint density at radius 1 is 1.55 bits per heavy atom. The van der Waals surface area contributed by atoms with E-state index in [0.717, 1.165) is 25.1 Å². The molecule has 1 atom stereocenters. The number of rotatable bonds is 3. The lowest BCUT2D eigenvalue weighted by Crippen LogP contribution is -2.47. The van der Waals surface area contributed by atoms with Crippen LogP contribution >= 0.6 is 23.1 Å². The Bertz CT molecular complexity index is 428. The predicted molar refractivity (Wildman–Crippen MR) is 87.7 cm³/mol. The topological polar surface area (TPSA) is 45.2 Å². The molecule has 1 saturated heterocycles. The van der Waals surface area contributed by atoms with Crippen molar-refractivity contribution in [3.05, 3.63) is 11.6 Å². The molecule has 0 bridgehead atoms. The minimum atomic E-state index is -0.000779. The smallest absolute Gasteiger partial charge is 0.321 e. The van der Waals surface area contributed by atoms with Crippen LogP contribution in [0, 0.1) is 0 Å². The summed E-state index contributed by atoms with van der Waals surface area (Å²) < 4.78 is 0.245. The van der Waals surface area contributed by atoms with Gasteiger partial charge in [-0.25, -0.2) is 9.78 Å². The number of anilines is 1. The summed E-state index contributed by atoms with van der Waals surface area (Å²) in [6.07, 6.45) is 5.14. The highest BCUT2D eigenvalue weighted by Crippen LogP contribution is 2.29. The van der Waals surface area contributed by atoms with Gasteiger partial charge in [-0.15, -0.1) is 11.3 Å². The highest BCUT2D eigenvalue weighted by Gasteiger charge is 2.28. The minimum Gasteiger partial charge on any atom is -0.321 e. The zero-order valence-electron chi connectivity index (χ0n) is 12.4. The van der Waals surface area contributed by atoms with Gasteiger partial charge in [-0.3, -0.25) is 5.32 Å². The lowest BCUT2D eigenvalue weighted by Gasteiger charge is -2.36. The van der Waals surface area contributed by atoms with E-state index in [1.807, 2.05) is 22.0 Å². The number of thiazole rings is 1. The van der Waals surface area contributed by atoms with Gasteiger partial charge in [0.1, 0.15) is 0 Å². The Hall–Kier alpha value is -0.750. The van der Waals surface area contributed by atoms with Crippen LogP contribution in [0.25, 0.3) is 0 Å². The van der Waals surface area contributed by atoms with Crippen LogP contribution < -0.4 is 5.32 Å². The van der Waals surface area contributed by atoms with E-state index < -0.39 is 0 Å². The second-order valence-corrected chi connectivity index (χ2v) is 8.78. The first-order chi connectivity index (χ1) is 9.46. The maximum Gasteiger partial charge on any atom is 0.323 e. The summed E-state index contributed by atoms with van der Waals surface area (Å²) in [6, 6.07) is 0.340. The first-order valence-electron chi connectivity index (χ1n) is 7.07. The highest BCUT2D eigenvalue weighted by atomic mass is 32.2. The maximum atomic E-state index is 12.4. The van der Waals surface area contributed by atoms with E-state index in [0.29, 0.717) is 11.2 Å². The second kappa shape index (κ2) is 6.80. The molecular formula is C14H23N3OS2. The molecule has 112 valence electrons. The molecule has 6 heteroatoms. The molecule has 1 aliphatic heterocycles. The molecule has 2 amide bonds. The summed E-state index contributed by atoms with van der Waals surface area (Å²) in [5, 5.41) is 5.46. The molecule has 2 rings (SSSR count). The Morgan fingerprint density at radius 3 is 3.00 bits per heavy atom. The molecule has 1 aromatic heterocycles. The van der Waals surface area contributed by atoms with Crippen molar-refractivity contribution < 1.29 is 4.79 Å². The van der Waals surface area contributed by atoms with Crippen molar-refractivity contribution in [3.63, 3.8) is 0 Å². The van der Waals surface area contributed by atoms with Crippen molar-refractivity contribution in [1.82, 2.24) is 9.88 Å². The third-order valence-corrected chi connectivity index (χ3v) is 5.35. The average molecular weight is 313 g/mol. The Morgan fingerprint density at radius 2 is 2.35 bits per heavy atom. The largest absolute Gasteiger partial charge is 0.323 e. The average Bonchev–Trinajstić information content (AvgIpc) is 2.88. The molecule has 0 spiro atoms. The molecule has 1 fully saturated rings. The van der Waals surface area contributed by atoms with Crippen molar-refractivity contribution >= 4 is 34.3 Å². The standard InChI is InChI=1S/C14H23N3OS2/c1-14(2,3)20-10-11-6-4-5-8-17(11)13(18)16-12-15-7-9-19-12/h7,9,11H,4-6,8,10H2,1-3H3,(H,15,16,18). The number of thioether (sulfide) groups is 1. The van der Waals surface area contributed by atoms with Crippen LogP contribution in [0.1, 0.15) is 40.0 Å². The maximum absolute atomic E-state index is 12.4. The van der Waals surface area contributed by atoms with Gasteiger partial charge in [-0.1, -0.05) is 20.8 Å². The van der Waals surface area contributed by atoms with E-state index in [1.165, 1.54) is 17.8 Å². The molecule has 0 aromatic carbocycles. The van der Waals surface area contributed by atoms with Crippen molar-refractivity contribution in [1.29, 1.82) is 0 Å². The summed E-state index contributed by atoms with van der Waals surface area (Å²) >= 11 is 3.39. The number of hydrogen-bond acceptors (Lipinski definition) is 4. The lowest BCUT2D eigenvalue weighted by atomic mass is 10.0. The zero-order chi connectivity index (χ0) is 14.6. The second-order valence-electron chi connectivity index (χ2n) is 6.03. The molecule has 0 radical (unpaired) electrons. The summed E-state index contributed by atoms with van der Waals surface area (Å²) in [5.41, 5.74) is 0. The van der Waals surface area contributed by atoms with Crippen LogP contribution in [0.5, 0.6) is 0 Å². The summed E-state index contributed by atoms with van der Waals surface area (Å²) in [7, 11) is 0. The van der Waals surface area contributed by atoms with Crippen LogP contribution in [-0.2, 0) is 0 Å². The van der Waals surface area contributed by atoms with Gasteiger partial charge in [-0.05, 0) is 19.3 Å². The van der Waals surface area contributed by atoms with E-state index >= 15 is 0 Å². The molecule has 0 aliphatic carbocycles. The fourth-order valence-electron chi connectivity index (χ4n) is 2.24. The summed E-state index contributed by atoms with van der Waals surface area (Å²) in [6.45, 7) is 7.52. The van der Waals surface area contributed by atoms with Crippen molar-refractivity contribution in [2.45, 2.75) is 50.8 Å². The van der Waals surface area contributed by atoms with Gasteiger partial charge in [0.25, 0.3) is 0 Å². The van der Waals surface area contributed by atoms with Gasteiger partial charge in [0.05, 0.1) is 0 Å². The number of likely N-dealkylation sites (tertiary alicyclic amines) is 1. The SMILES string of the molecule is CC(C)(C)SCC1CCCCN1C(=O)Nc1nccs1. The van der Waals surface area contributed by atoms with Gasteiger partial charge in [0.2, 0.25) is 0 Å². The van der Waals surface area contributed by atoms with E-state index in [1.54, 1.807) is 6.20 Å². The van der Waals surface area contributed by atoms with Gasteiger partial charge in [0.15, 0.2) is 5.13 Å². The van der Waals surface area contributed by atoms with Crippen molar-refractivity contribution in [3.8, 4) is 0 Å². The minimum absolute atomic E-state index is 0.000779. The van der Waals surface area contributed by atoms with E-state index in [2.05, 4.69) is 31.1 Å². The van der Waals surface area contributed by atoms with Gasteiger partial charge in [0, 0.05) is 34.7 Å². The predicted octanol–water partition coefficient (Wildman–Crippen LogP) is 4.06. The number of urea groups is 1. The first kappa shape index (κ1) is 15.6. The van der Waals surface area contributed by atoms with Gasteiger partial charge in [-0.2, -0.15) is 11.8 Å². The molecule has 1 N–H and O–H groups in total. The zero-order valence-corrected chi connectivity index (χ0v) is 14.0. The number of carbonyl (C=O) groups is 1. The molecule has 1 aromatic rings. The monoisotopic (exact) mass is 313 g/mol. The molecular weight excluding hydrogens is 290 g/mol. The van der Waals surface area contributed by atoms with Crippen LogP contribution in [0.3, 0.4) is 0 Å². The number of carbonyl (C=O) groups excluding carboxylic acids is 1. The molecule has 0 saturated carbocycles. The van der Waals surface area contributed by atoms with Crippen LogP contribution in [-0.4, -0.2) is 39.0 Å². The third-order valence-electron chi connectivity index (χ3n) is 3.24. The summed E-state index contributed by atoms with van der Waals surface area (Å²) in [4.78, 5) is 18.5. The Labute approximate surface area is 129 Å². The summed E-state index contributed by atoms with van der Waals surface area (Å²) in [5.74, 6) is 1.01. The molecule has 4 nitrogen and oxygen atoms in total. The van der Waals surface area contributed by atoms with Crippen molar-refractivity contribution in [2.24, 2.45) is 0 Å². The lowest BCUT2D eigenvalue weighted by molar-refractivity contribution is 0.172. The normalized spacial score (nSPS) is 19.9. The van der Waals surface area contributed by atoms with Crippen LogP contribution in [0.15, 0.2) is 11.6 Å². The molecule has 20 heavy (non-hydrogen) atoms. The van der Waals surface area contributed by atoms with Crippen molar-refractivity contribution in [2.75, 3.05) is 17.6 Å². The van der Waals surface area contributed by atoms with E-state index in [4.69, 9.17) is 0 Å². The Kier molecular flexibility index (Phi) is 5.32. The number of hydrogen-bond donors (Lipinski definition) is 1. The highest BCUT2D eigenvalue weighted by molar-refractivity contribution is 8.00. The number of nitrogens with zero attached hydrogens (tertiary/aromatic N) is 2. The third kappa shape index (κ3) is 4.66. The van der Waals surface area contributed by atoms with E-state index in [9.17, 15) is 4.79 Å². The van der Waals surface area contributed by atoms with Gasteiger partial charge < -0.3 is 4.90 Å². The van der Waals surface area contributed by atoms with Crippen LogP contribution in [0.2, 0.25) is 0 Å². The number of nitrogens with one attached hydrogen (secondary N) is 1. The fraction of sp³-hybridized carbons (Fsp3) is 0.714. The molecule has 1 aliphatic rings. The number of piperidine rings is 1. The molecule has 1 unspecified atom stereocenters. The van der Waals surface area contributed by atoms with Gasteiger partial charge >= 0.3 is 6.03 Å². The number of aromatic nitrogens is 1. The molecule has 2 heterocycles. The first-order valence-corrected chi connectivity index (χ1v) is 8.93. The quantitative estimate of drug-likeness (QED) is 0.915. The number of amides is 2. The Balaban J connectivity index is 1.93. The van der Waals surface area contributed by atoms with E-state index in [-0.39, 0.29) is 10.8 Å². The fourth-order valence-corrected chi connectivity index (χ4v) is 3.79. The van der Waals surface area contributed by atoms with Crippen LogP contribution in [0.4, 0.5) is 9.93 Å².